The maximum absolute atomic E-state index is 13.8. The first-order chi connectivity index (χ1) is 17.9. The topological polar surface area (TPSA) is 97.9 Å². The van der Waals surface area contributed by atoms with E-state index in [2.05, 4.69) is 67.2 Å². The Morgan fingerprint density at radius 2 is 1.38 bits per heavy atom. The molecule has 4 N–H and O–H groups in total. The van der Waals surface area contributed by atoms with E-state index in [0.717, 1.165) is 54.2 Å². The summed E-state index contributed by atoms with van der Waals surface area (Å²) in [5.74, 6) is 0.793. The number of ether oxygens (including phenoxy) is 1. The summed E-state index contributed by atoms with van der Waals surface area (Å²) in [5.41, 5.74) is 12.8. The summed E-state index contributed by atoms with van der Waals surface area (Å²) in [6, 6.07) is 19.9. The molecule has 0 saturated carbocycles. The van der Waals surface area contributed by atoms with Crippen LogP contribution in [0, 0.1) is 5.41 Å². The summed E-state index contributed by atoms with van der Waals surface area (Å²) < 4.78 is 6.62. The number of amides is 1. The molecule has 1 amide bonds. The average Bonchev–Trinajstić information content (AvgIpc) is 3.14. The van der Waals surface area contributed by atoms with Crippen molar-refractivity contribution in [3.8, 4) is 11.5 Å². The third kappa shape index (κ3) is 3.58. The van der Waals surface area contributed by atoms with Gasteiger partial charge in [-0.3, -0.25) is 15.6 Å². The van der Waals surface area contributed by atoms with E-state index in [9.17, 15) is 4.79 Å². The Morgan fingerprint density at radius 1 is 0.865 bits per heavy atom. The molecule has 0 radical (unpaired) electrons. The van der Waals surface area contributed by atoms with Crippen LogP contribution in [-0.4, -0.2) is 43.1 Å². The lowest BCUT2D eigenvalue weighted by atomic mass is 9.75. The van der Waals surface area contributed by atoms with Gasteiger partial charge in [-0.2, -0.15) is 0 Å². The molecule has 2 aliphatic heterocycles. The van der Waals surface area contributed by atoms with E-state index < -0.39 is 5.54 Å². The molecule has 0 fully saturated rings. The lowest BCUT2D eigenvalue weighted by Crippen LogP contribution is -2.57. The number of anilines is 2. The highest BCUT2D eigenvalue weighted by atomic mass is 16.5. The van der Waals surface area contributed by atoms with Crippen LogP contribution >= 0.6 is 0 Å². The predicted molar refractivity (Wildman–Crippen MR) is 148 cm³/mol. The van der Waals surface area contributed by atoms with Crippen LogP contribution in [0.5, 0.6) is 11.5 Å². The number of carbonyl (C=O) groups is 1. The van der Waals surface area contributed by atoms with Crippen LogP contribution < -0.4 is 25.7 Å². The highest BCUT2D eigenvalue weighted by Gasteiger charge is 2.57. The van der Waals surface area contributed by atoms with Crippen LogP contribution in [0.2, 0.25) is 0 Å². The number of benzene rings is 3. The second kappa shape index (κ2) is 9.35. The number of rotatable bonds is 7. The molecular formula is C29H34N6O2. The zero-order valence-corrected chi connectivity index (χ0v) is 21.8. The number of hydrogen-bond donors (Lipinski definition) is 3. The van der Waals surface area contributed by atoms with Crippen molar-refractivity contribution >= 4 is 23.2 Å². The predicted octanol–water partition coefficient (Wildman–Crippen LogP) is 4.63. The number of nitrogens with zero attached hydrogens (tertiary/aromatic N) is 3. The molecule has 2 heterocycles. The molecule has 8 heteroatoms. The summed E-state index contributed by atoms with van der Waals surface area (Å²) in [6.45, 7) is 12.0. The summed E-state index contributed by atoms with van der Waals surface area (Å²) in [4.78, 5) is 18.3. The van der Waals surface area contributed by atoms with E-state index in [1.807, 2.05) is 36.4 Å². The molecule has 3 aromatic carbocycles. The number of carbonyl (C=O) groups excluding carboxylic acids is 1. The molecular weight excluding hydrogens is 464 g/mol. The van der Waals surface area contributed by atoms with Crippen molar-refractivity contribution in [1.29, 1.82) is 5.41 Å². The average molecular weight is 499 g/mol. The largest absolute Gasteiger partial charge is 0.456 e. The van der Waals surface area contributed by atoms with Crippen LogP contribution in [-0.2, 0) is 5.54 Å². The fraction of sp³-hybridized carbons (Fsp3) is 0.310. The number of guanidine groups is 1. The van der Waals surface area contributed by atoms with Crippen molar-refractivity contribution in [3.63, 3.8) is 0 Å². The maximum atomic E-state index is 13.8. The first kappa shape index (κ1) is 24.5. The van der Waals surface area contributed by atoms with Gasteiger partial charge in [0, 0.05) is 71.9 Å². The third-order valence-corrected chi connectivity index (χ3v) is 7.51. The van der Waals surface area contributed by atoms with Gasteiger partial charge in [0.05, 0.1) is 0 Å². The lowest BCUT2D eigenvalue weighted by Gasteiger charge is -2.44. The molecule has 3 aromatic rings. The quantitative estimate of drug-likeness (QED) is 0.325. The smallest absolute Gasteiger partial charge is 0.274 e. The highest BCUT2D eigenvalue weighted by molar-refractivity contribution is 6.03. The molecule has 5 rings (SSSR count). The van der Waals surface area contributed by atoms with Gasteiger partial charge >= 0.3 is 0 Å². The first-order valence-electron chi connectivity index (χ1n) is 12.9. The number of hydrogen-bond acceptors (Lipinski definition) is 5. The van der Waals surface area contributed by atoms with Gasteiger partial charge in [0.2, 0.25) is 5.96 Å². The van der Waals surface area contributed by atoms with E-state index in [0.29, 0.717) is 17.1 Å². The van der Waals surface area contributed by atoms with Gasteiger partial charge in [-0.15, -0.1) is 0 Å². The highest BCUT2D eigenvalue weighted by Crippen LogP contribution is 2.57. The molecule has 192 valence electrons. The van der Waals surface area contributed by atoms with Gasteiger partial charge in [-0.25, -0.2) is 5.01 Å². The first-order valence-corrected chi connectivity index (χ1v) is 12.9. The van der Waals surface area contributed by atoms with Gasteiger partial charge < -0.3 is 20.3 Å². The minimum Gasteiger partial charge on any atom is -0.456 e. The van der Waals surface area contributed by atoms with Gasteiger partial charge in [0.1, 0.15) is 17.0 Å². The monoisotopic (exact) mass is 498 g/mol. The summed E-state index contributed by atoms with van der Waals surface area (Å²) in [6.07, 6.45) is 0. The van der Waals surface area contributed by atoms with Gasteiger partial charge in [0.25, 0.3) is 5.91 Å². The molecule has 0 aliphatic carbocycles. The van der Waals surface area contributed by atoms with E-state index in [1.54, 1.807) is 0 Å². The van der Waals surface area contributed by atoms with Crippen molar-refractivity contribution in [2.45, 2.75) is 33.2 Å². The van der Waals surface area contributed by atoms with Gasteiger partial charge in [-0.05, 0) is 45.9 Å². The number of nitrogens with two attached hydrogens (primary N) is 1. The molecule has 0 atom stereocenters. The Labute approximate surface area is 218 Å². The summed E-state index contributed by atoms with van der Waals surface area (Å²) >= 11 is 0. The fourth-order valence-electron chi connectivity index (χ4n) is 5.79. The van der Waals surface area contributed by atoms with E-state index >= 15 is 0 Å². The van der Waals surface area contributed by atoms with Crippen molar-refractivity contribution < 1.29 is 9.53 Å². The summed E-state index contributed by atoms with van der Waals surface area (Å²) in [7, 11) is 0. The number of hydrazine groups is 1. The van der Waals surface area contributed by atoms with Crippen molar-refractivity contribution in [2.75, 3.05) is 36.0 Å². The minimum absolute atomic E-state index is 0.245. The molecule has 1 spiro atoms. The van der Waals surface area contributed by atoms with Crippen molar-refractivity contribution in [2.24, 2.45) is 5.73 Å². The molecule has 0 bridgehead atoms. The zero-order valence-electron chi connectivity index (χ0n) is 21.8. The van der Waals surface area contributed by atoms with Crippen LogP contribution in [0.15, 0.2) is 60.7 Å². The Kier molecular flexibility index (Phi) is 6.19. The number of fused-ring (bicyclic) bond motifs is 6. The Hall–Kier alpha value is -4.20. The van der Waals surface area contributed by atoms with Crippen LogP contribution in [0.3, 0.4) is 0 Å². The second-order valence-electron chi connectivity index (χ2n) is 9.23. The van der Waals surface area contributed by atoms with Gasteiger partial charge in [0.15, 0.2) is 0 Å². The fourth-order valence-corrected chi connectivity index (χ4v) is 5.79. The second-order valence-corrected chi connectivity index (χ2v) is 9.23. The van der Waals surface area contributed by atoms with Crippen molar-refractivity contribution in [1.82, 2.24) is 10.4 Å². The van der Waals surface area contributed by atoms with Crippen LogP contribution in [0.4, 0.5) is 11.4 Å². The molecule has 37 heavy (non-hydrogen) atoms. The van der Waals surface area contributed by atoms with Crippen molar-refractivity contribution in [3.05, 3.63) is 82.9 Å². The lowest BCUT2D eigenvalue weighted by molar-refractivity contribution is 0.0590. The van der Waals surface area contributed by atoms with E-state index in [1.165, 1.54) is 5.01 Å². The standard InChI is InChI=1S/C29H34N6O2/c1-5-33(6-2)19-13-15-23-25(17-19)37-26-18-20(34(7-3)8-4)14-16-24(26)29(23)22-12-10-9-11-21(22)27(36)35(29)32-28(30)31/h9-18H,5-8H2,1-4H3,(H4,30,31,32). The molecule has 2 aliphatic rings. The SMILES string of the molecule is CCN(CC)c1ccc2c(c1)Oc1cc(N(CC)CC)ccc1C21c2ccccc2C(=O)N1NC(=N)N. The van der Waals surface area contributed by atoms with Crippen LogP contribution in [0.1, 0.15) is 54.7 Å². The van der Waals surface area contributed by atoms with Crippen LogP contribution in [0.25, 0.3) is 0 Å². The molecule has 0 aromatic heterocycles. The van der Waals surface area contributed by atoms with E-state index in [-0.39, 0.29) is 11.9 Å². The summed E-state index contributed by atoms with van der Waals surface area (Å²) in [5, 5.41) is 9.53. The normalized spacial score (nSPS) is 14.5. The molecule has 0 saturated heterocycles. The minimum atomic E-state index is -1.06. The third-order valence-electron chi connectivity index (χ3n) is 7.51. The Balaban J connectivity index is 1.84. The molecule has 8 nitrogen and oxygen atoms in total. The maximum Gasteiger partial charge on any atom is 0.274 e. The molecule has 0 unspecified atom stereocenters. The van der Waals surface area contributed by atoms with E-state index in [4.69, 9.17) is 15.9 Å². The zero-order chi connectivity index (χ0) is 26.3. The Bertz CT molecular complexity index is 1300. The Morgan fingerprint density at radius 3 is 1.86 bits per heavy atom. The van der Waals surface area contributed by atoms with Gasteiger partial charge in [-0.1, -0.05) is 30.3 Å². The number of nitrogens with one attached hydrogen (secondary N) is 2.